The van der Waals surface area contributed by atoms with Crippen LogP contribution >= 0.6 is 23.2 Å². The number of quaternary nitrogens is 1. The molecule has 0 radical (unpaired) electrons. The summed E-state index contributed by atoms with van der Waals surface area (Å²) in [5.74, 6) is 0.0392. The molecule has 0 unspecified atom stereocenters. The van der Waals surface area contributed by atoms with Crippen LogP contribution in [0.25, 0.3) is 10.9 Å². The highest BCUT2D eigenvalue weighted by molar-refractivity contribution is 7.89. The number of piperazine rings is 1. The van der Waals surface area contributed by atoms with Gasteiger partial charge in [0.1, 0.15) is 41.0 Å². The maximum absolute atomic E-state index is 14.0. The highest BCUT2D eigenvalue weighted by atomic mass is 35.5. The van der Waals surface area contributed by atoms with Gasteiger partial charge in [-0.15, -0.1) is 0 Å². The number of para-hydroxylation sites is 1. The first-order chi connectivity index (χ1) is 23.0. The Morgan fingerprint density at radius 1 is 1.04 bits per heavy atom. The van der Waals surface area contributed by atoms with Crippen molar-refractivity contribution in [1.29, 1.82) is 0 Å². The van der Waals surface area contributed by atoms with Gasteiger partial charge in [-0.3, -0.25) is 9.59 Å². The van der Waals surface area contributed by atoms with Gasteiger partial charge in [0.25, 0.3) is 0 Å². The van der Waals surface area contributed by atoms with Crippen molar-refractivity contribution in [3.8, 4) is 5.75 Å². The second-order valence-electron chi connectivity index (χ2n) is 14.3. The molecular formula is C35H46Cl2N5O6S+. The molecule has 0 bridgehead atoms. The van der Waals surface area contributed by atoms with Gasteiger partial charge < -0.3 is 24.1 Å². The van der Waals surface area contributed by atoms with Crippen molar-refractivity contribution in [2.45, 2.75) is 69.1 Å². The molecule has 2 heterocycles. The molecular weight excluding hydrogens is 689 g/mol. The summed E-state index contributed by atoms with van der Waals surface area (Å²) in [6.45, 7) is 5.40. The Labute approximate surface area is 298 Å². The molecule has 1 aliphatic carbocycles. The number of amides is 2. The summed E-state index contributed by atoms with van der Waals surface area (Å²) in [7, 11) is 1.56. The third-order valence-electron chi connectivity index (χ3n) is 9.23. The van der Waals surface area contributed by atoms with Gasteiger partial charge in [-0.25, -0.2) is 13.4 Å². The quantitative estimate of drug-likeness (QED) is 0.279. The summed E-state index contributed by atoms with van der Waals surface area (Å²) in [6.07, 6.45) is 1.30. The Bertz CT molecular complexity index is 1830. The highest BCUT2D eigenvalue weighted by Gasteiger charge is 2.47. The van der Waals surface area contributed by atoms with Crippen LogP contribution in [0.2, 0.25) is 10.0 Å². The minimum Gasteiger partial charge on any atom is -0.487 e. The van der Waals surface area contributed by atoms with Crippen LogP contribution in [0, 0.1) is 13.8 Å². The zero-order valence-electron chi connectivity index (χ0n) is 28.8. The Hall–Kier alpha value is -3.00. The molecule has 1 saturated carbocycles. The molecule has 2 fully saturated rings. The first-order valence-electron chi connectivity index (χ1n) is 16.6. The largest absolute Gasteiger partial charge is 0.487 e. The number of aliphatic hydroxyl groups excluding tert-OH is 1. The van der Waals surface area contributed by atoms with Gasteiger partial charge in [-0.05, 0) is 56.5 Å². The number of carbonyl (C=O) groups is 2. The maximum atomic E-state index is 14.0. The van der Waals surface area contributed by atoms with E-state index in [1.54, 1.807) is 15.9 Å². The third-order valence-corrected chi connectivity index (χ3v) is 11.7. The minimum atomic E-state index is -4.29. The standard InChI is InChI=1S/C35H46Cl2N5O6S/c1-23-19-24(2)38-33-26(23)9-8-10-29(33)48-22-27-28(36)11-12-30(32(27)37)49(46,47)39-35(13-6-7-14-35)34(45)41-17-15-40(16-18-41)31(44)20-25(43)21-42(3,4)5/h8-12,19,25,39,43H,6-7,13-18,20-22H2,1-5H3/q+1/t25-/m1/s1. The lowest BCUT2D eigenvalue weighted by molar-refractivity contribution is -0.873. The lowest BCUT2D eigenvalue weighted by Crippen LogP contribution is -2.61. The molecule has 1 aliphatic heterocycles. The topological polar surface area (TPSA) is 129 Å². The van der Waals surface area contributed by atoms with Crippen molar-refractivity contribution in [3.63, 3.8) is 0 Å². The van der Waals surface area contributed by atoms with Gasteiger partial charge in [-0.2, -0.15) is 4.72 Å². The fourth-order valence-corrected chi connectivity index (χ4v) is 9.18. The van der Waals surface area contributed by atoms with E-state index in [9.17, 15) is 23.1 Å². The van der Waals surface area contributed by atoms with Crippen molar-refractivity contribution in [1.82, 2.24) is 19.5 Å². The number of aliphatic hydroxyl groups is 1. The number of rotatable bonds is 11. The first kappa shape index (κ1) is 37.3. The number of nitrogens with one attached hydrogen (secondary N) is 1. The van der Waals surface area contributed by atoms with Crippen molar-refractivity contribution in [2.24, 2.45) is 0 Å². The summed E-state index contributed by atoms with van der Waals surface area (Å²) in [5.41, 5.74) is 1.54. The van der Waals surface area contributed by atoms with Crippen LogP contribution in [-0.4, -0.2) is 110 Å². The average molecular weight is 736 g/mol. The van der Waals surface area contributed by atoms with E-state index in [1.165, 1.54) is 12.1 Å². The van der Waals surface area contributed by atoms with Crippen LogP contribution in [0.4, 0.5) is 0 Å². The Kier molecular flexibility index (Phi) is 11.2. The molecule has 1 atom stereocenters. The normalized spacial score (nSPS) is 17.4. The van der Waals surface area contributed by atoms with E-state index in [4.69, 9.17) is 27.9 Å². The first-order valence-corrected chi connectivity index (χ1v) is 18.8. The Morgan fingerprint density at radius 2 is 1.69 bits per heavy atom. The van der Waals surface area contributed by atoms with Crippen molar-refractivity contribution >= 4 is 55.9 Å². The smallest absolute Gasteiger partial charge is 0.243 e. The molecule has 3 aromatic rings. The molecule has 49 heavy (non-hydrogen) atoms. The summed E-state index contributed by atoms with van der Waals surface area (Å²) in [4.78, 5) is 34.6. The number of nitrogens with zero attached hydrogens (tertiary/aromatic N) is 4. The van der Waals surface area contributed by atoms with Crippen LogP contribution in [0.5, 0.6) is 5.75 Å². The lowest BCUT2D eigenvalue weighted by atomic mass is 9.96. The average Bonchev–Trinajstić information content (AvgIpc) is 3.48. The fraction of sp³-hybridized carbons (Fsp3) is 0.514. The van der Waals surface area contributed by atoms with Crippen LogP contribution < -0.4 is 9.46 Å². The van der Waals surface area contributed by atoms with Gasteiger partial charge in [0.2, 0.25) is 21.8 Å². The fourth-order valence-electron chi connectivity index (χ4n) is 6.88. The molecule has 2 aromatic carbocycles. The number of aromatic nitrogens is 1. The van der Waals surface area contributed by atoms with Gasteiger partial charge >= 0.3 is 0 Å². The Morgan fingerprint density at radius 3 is 2.35 bits per heavy atom. The SMILES string of the molecule is Cc1cc(C)c2cccc(OCc3c(Cl)ccc(S(=O)(=O)NC4(C(=O)N5CCN(C(=O)C[C@@H](O)C[N+](C)(C)C)CC5)CCCC4)c3Cl)c2n1. The number of carbonyl (C=O) groups excluding carboxylic acids is 2. The molecule has 2 amide bonds. The number of hydrogen-bond donors (Lipinski definition) is 2. The molecule has 5 rings (SSSR count). The van der Waals surface area contributed by atoms with Crippen molar-refractivity contribution < 1.29 is 32.3 Å². The second-order valence-corrected chi connectivity index (χ2v) is 16.7. The molecule has 2 N–H and O–H groups in total. The maximum Gasteiger partial charge on any atom is 0.243 e. The molecule has 14 heteroatoms. The number of pyridine rings is 1. The van der Waals surface area contributed by atoms with Crippen molar-refractivity contribution in [2.75, 3.05) is 53.9 Å². The van der Waals surface area contributed by atoms with E-state index >= 15 is 0 Å². The van der Waals surface area contributed by atoms with Gasteiger partial charge in [0.05, 0.1) is 32.6 Å². The molecule has 266 valence electrons. The van der Waals surface area contributed by atoms with Crippen LogP contribution in [-0.2, 0) is 26.2 Å². The van der Waals surface area contributed by atoms with E-state index in [0.717, 1.165) is 16.6 Å². The van der Waals surface area contributed by atoms with E-state index in [-0.39, 0.29) is 52.9 Å². The number of fused-ring (bicyclic) bond motifs is 1. The number of ether oxygens (including phenoxy) is 1. The molecule has 2 aliphatic rings. The van der Waals surface area contributed by atoms with E-state index in [0.29, 0.717) is 66.6 Å². The number of aryl methyl sites for hydroxylation is 2. The third kappa shape index (κ3) is 8.49. The van der Waals surface area contributed by atoms with Crippen LogP contribution in [0.1, 0.15) is 48.9 Å². The monoisotopic (exact) mass is 734 g/mol. The van der Waals surface area contributed by atoms with E-state index in [2.05, 4.69) is 9.71 Å². The summed E-state index contributed by atoms with van der Waals surface area (Å²) < 4.78 is 37.4. The molecule has 1 aromatic heterocycles. The number of hydrogen-bond acceptors (Lipinski definition) is 7. The van der Waals surface area contributed by atoms with Gasteiger partial charge in [-0.1, -0.05) is 48.2 Å². The van der Waals surface area contributed by atoms with Crippen LogP contribution in [0.15, 0.2) is 41.3 Å². The molecule has 0 spiro atoms. The summed E-state index contributed by atoms with van der Waals surface area (Å²) >= 11 is 13.3. The lowest BCUT2D eigenvalue weighted by Gasteiger charge is -2.40. The van der Waals surface area contributed by atoms with Gasteiger partial charge in [0.15, 0.2) is 0 Å². The van der Waals surface area contributed by atoms with Gasteiger partial charge in [0, 0.05) is 47.8 Å². The molecule has 1 saturated heterocycles. The molecule has 11 nitrogen and oxygen atoms in total. The Balaban J connectivity index is 1.30. The predicted octanol–water partition coefficient (Wildman–Crippen LogP) is 4.46. The minimum absolute atomic E-state index is 0.0141. The predicted molar refractivity (Wildman–Crippen MR) is 190 cm³/mol. The summed E-state index contributed by atoms with van der Waals surface area (Å²) in [6, 6.07) is 10.4. The van der Waals surface area contributed by atoms with Crippen molar-refractivity contribution in [3.05, 3.63) is 63.3 Å². The number of sulfonamides is 1. The number of benzene rings is 2. The zero-order valence-corrected chi connectivity index (χ0v) is 31.1. The summed E-state index contributed by atoms with van der Waals surface area (Å²) in [5, 5.41) is 11.5. The van der Waals surface area contributed by atoms with Crippen LogP contribution in [0.3, 0.4) is 0 Å². The number of likely N-dealkylation sites (N-methyl/N-ethyl adjacent to an activating group) is 1. The zero-order chi connectivity index (χ0) is 35.7. The second kappa shape index (κ2) is 14.7. The van der Waals surface area contributed by atoms with E-state index in [1.807, 2.05) is 53.2 Å². The van der Waals surface area contributed by atoms with E-state index < -0.39 is 21.7 Å². The highest BCUT2D eigenvalue weighted by Crippen LogP contribution is 2.37. The number of halogens is 2.